The number of nitro benzene ring substituents is 1. The Hall–Kier alpha value is -2.98. The molecule has 0 unspecified atom stereocenters. The summed E-state index contributed by atoms with van der Waals surface area (Å²) in [6, 6.07) is 22.0. The van der Waals surface area contributed by atoms with E-state index >= 15 is 0 Å². The van der Waals surface area contributed by atoms with Crippen LogP contribution in [-0.2, 0) is 6.61 Å². The minimum absolute atomic E-state index is 0.00148. The van der Waals surface area contributed by atoms with Gasteiger partial charge in [0, 0.05) is 6.07 Å². The predicted octanol–water partition coefficient (Wildman–Crippen LogP) is 4.42. The molecule has 3 rings (SSSR count). The molecule has 0 saturated carbocycles. The number of hydrogen-bond donors (Lipinski definition) is 1. The summed E-state index contributed by atoms with van der Waals surface area (Å²) >= 11 is 0. The van der Waals surface area contributed by atoms with E-state index < -0.39 is 4.92 Å². The molecule has 0 amide bonds. The van der Waals surface area contributed by atoms with Crippen LogP contribution in [0.25, 0.3) is 22.3 Å². The first kappa shape index (κ1) is 14.9. The van der Waals surface area contributed by atoms with Gasteiger partial charge in [0.05, 0.1) is 17.1 Å². The molecule has 0 radical (unpaired) electrons. The quantitative estimate of drug-likeness (QED) is 0.573. The van der Waals surface area contributed by atoms with E-state index in [0.717, 1.165) is 16.7 Å². The van der Waals surface area contributed by atoms with E-state index in [2.05, 4.69) is 0 Å². The van der Waals surface area contributed by atoms with E-state index in [0.29, 0.717) is 11.1 Å². The first-order valence-corrected chi connectivity index (χ1v) is 7.23. The van der Waals surface area contributed by atoms with Crippen LogP contribution >= 0.6 is 0 Å². The van der Waals surface area contributed by atoms with Crippen LogP contribution in [0, 0.1) is 10.1 Å². The summed E-state index contributed by atoms with van der Waals surface area (Å²) in [4.78, 5) is 11.2. The number of rotatable bonds is 4. The van der Waals surface area contributed by atoms with Gasteiger partial charge >= 0.3 is 0 Å². The number of aliphatic hydroxyl groups is 1. The van der Waals surface area contributed by atoms with E-state index in [1.807, 2.05) is 66.7 Å². The fourth-order valence-corrected chi connectivity index (χ4v) is 2.67. The first-order valence-electron chi connectivity index (χ1n) is 7.23. The van der Waals surface area contributed by atoms with Crippen LogP contribution in [0.4, 0.5) is 5.69 Å². The Morgan fingerprint density at radius 1 is 0.870 bits per heavy atom. The zero-order valence-corrected chi connectivity index (χ0v) is 12.3. The van der Waals surface area contributed by atoms with Crippen LogP contribution in [0.2, 0.25) is 0 Å². The molecular formula is C19H15NO3. The van der Waals surface area contributed by atoms with Crippen LogP contribution in [0.15, 0.2) is 72.8 Å². The van der Waals surface area contributed by atoms with Gasteiger partial charge in [-0.2, -0.15) is 0 Å². The van der Waals surface area contributed by atoms with E-state index in [4.69, 9.17) is 0 Å². The lowest BCUT2D eigenvalue weighted by atomic mass is 9.91. The van der Waals surface area contributed by atoms with Crippen LogP contribution < -0.4 is 0 Å². The molecule has 0 aliphatic carbocycles. The Morgan fingerprint density at radius 2 is 1.43 bits per heavy atom. The molecule has 0 bridgehead atoms. The molecule has 0 atom stereocenters. The summed E-state index contributed by atoms with van der Waals surface area (Å²) < 4.78 is 0. The molecule has 0 saturated heterocycles. The van der Waals surface area contributed by atoms with Gasteiger partial charge in [-0.3, -0.25) is 10.1 Å². The molecular weight excluding hydrogens is 290 g/mol. The third-order valence-electron chi connectivity index (χ3n) is 3.70. The van der Waals surface area contributed by atoms with Crippen molar-refractivity contribution in [3.8, 4) is 22.3 Å². The molecule has 0 spiro atoms. The average molecular weight is 305 g/mol. The summed E-state index contributed by atoms with van der Waals surface area (Å²) in [5, 5.41) is 21.0. The minimum Gasteiger partial charge on any atom is -0.392 e. The van der Waals surface area contributed by atoms with Gasteiger partial charge in [0.1, 0.15) is 0 Å². The van der Waals surface area contributed by atoms with E-state index in [1.165, 1.54) is 6.07 Å². The molecule has 114 valence electrons. The van der Waals surface area contributed by atoms with E-state index in [-0.39, 0.29) is 12.3 Å². The maximum Gasteiger partial charge on any atom is 0.278 e. The zero-order chi connectivity index (χ0) is 16.2. The van der Waals surface area contributed by atoms with Crippen molar-refractivity contribution in [2.75, 3.05) is 0 Å². The molecule has 3 aromatic rings. The van der Waals surface area contributed by atoms with Crippen LogP contribution in [-0.4, -0.2) is 10.0 Å². The molecule has 0 aliphatic heterocycles. The van der Waals surface area contributed by atoms with Gasteiger partial charge in [0.25, 0.3) is 5.69 Å². The van der Waals surface area contributed by atoms with Gasteiger partial charge in [-0.15, -0.1) is 0 Å². The molecule has 23 heavy (non-hydrogen) atoms. The van der Waals surface area contributed by atoms with Crippen LogP contribution in [0.3, 0.4) is 0 Å². The molecule has 4 nitrogen and oxygen atoms in total. The molecule has 3 aromatic carbocycles. The van der Waals surface area contributed by atoms with Crippen molar-refractivity contribution in [1.82, 2.24) is 0 Å². The average Bonchev–Trinajstić information content (AvgIpc) is 2.62. The fourth-order valence-electron chi connectivity index (χ4n) is 2.67. The third-order valence-corrected chi connectivity index (χ3v) is 3.70. The molecule has 0 aromatic heterocycles. The van der Waals surface area contributed by atoms with Gasteiger partial charge in [-0.1, -0.05) is 60.7 Å². The van der Waals surface area contributed by atoms with Crippen LogP contribution in [0.5, 0.6) is 0 Å². The Kier molecular flexibility index (Phi) is 4.17. The fraction of sp³-hybridized carbons (Fsp3) is 0.0526. The van der Waals surface area contributed by atoms with Crippen LogP contribution in [0.1, 0.15) is 5.56 Å². The number of nitro groups is 1. The summed E-state index contributed by atoms with van der Waals surface area (Å²) in [7, 11) is 0. The SMILES string of the molecule is O=[N+]([O-])c1cc(CO)cc(-c2ccccc2)c1-c1ccccc1. The highest BCUT2D eigenvalue weighted by Crippen LogP contribution is 2.40. The maximum atomic E-state index is 11.6. The topological polar surface area (TPSA) is 63.4 Å². The lowest BCUT2D eigenvalue weighted by Gasteiger charge is -2.13. The Bertz CT molecular complexity index is 830. The molecule has 0 aliphatic rings. The maximum absolute atomic E-state index is 11.6. The zero-order valence-electron chi connectivity index (χ0n) is 12.3. The number of nitrogens with zero attached hydrogens (tertiary/aromatic N) is 1. The van der Waals surface area contributed by atoms with Crippen molar-refractivity contribution in [2.45, 2.75) is 6.61 Å². The van der Waals surface area contributed by atoms with Gasteiger partial charge in [0.15, 0.2) is 0 Å². The second-order valence-electron chi connectivity index (χ2n) is 5.18. The summed E-state index contributed by atoms with van der Waals surface area (Å²) in [5.74, 6) is 0. The number of aliphatic hydroxyl groups excluding tert-OH is 1. The number of benzene rings is 3. The van der Waals surface area contributed by atoms with Gasteiger partial charge in [-0.25, -0.2) is 0 Å². The summed E-state index contributed by atoms with van der Waals surface area (Å²) in [5.41, 5.74) is 3.50. The first-order chi connectivity index (χ1) is 11.2. The minimum atomic E-state index is -0.395. The van der Waals surface area contributed by atoms with Gasteiger partial charge in [0.2, 0.25) is 0 Å². The standard InChI is InChI=1S/C19H15NO3/c21-13-14-11-17(15-7-3-1-4-8-15)19(18(12-14)20(22)23)16-9-5-2-6-10-16/h1-12,21H,13H2. The highest BCUT2D eigenvalue weighted by atomic mass is 16.6. The highest BCUT2D eigenvalue weighted by Gasteiger charge is 2.21. The Balaban J connectivity index is 2.36. The second kappa shape index (κ2) is 6.42. The molecule has 0 fully saturated rings. The second-order valence-corrected chi connectivity index (χ2v) is 5.18. The van der Waals surface area contributed by atoms with Crippen molar-refractivity contribution in [1.29, 1.82) is 0 Å². The predicted molar refractivity (Wildman–Crippen MR) is 89.9 cm³/mol. The largest absolute Gasteiger partial charge is 0.392 e. The lowest BCUT2D eigenvalue weighted by molar-refractivity contribution is -0.384. The molecule has 1 N–H and O–H groups in total. The van der Waals surface area contributed by atoms with E-state index in [9.17, 15) is 15.2 Å². The van der Waals surface area contributed by atoms with Crippen molar-refractivity contribution in [3.05, 3.63) is 88.5 Å². The smallest absolute Gasteiger partial charge is 0.278 e. The van der Waals surface area contributed by atoms with Crippen molar-refractivity contribution in [2.24, 2.45) is 0 Å². The van der Waals surface area contributed by atoms with Gasteiger partial charge in [-0.05, 0) is 28.3 Å². The Labute approximate surface area is 133 Å². The van der Waals surface area contributed by atoms with Crippen molar-refractivity contribution < 1.29 is 10.0 Å². The van der Waals surface area contributed by atoms with Crippen molar-refractivity contribution >= 4 is 5.69 Å². The summed E-state index contributed by atoms with van der Waals surface area (Å²) in [6.45, 7) is -0.240. The van der Waals surface area contributed by atoms with E-state index in [1.54, 1.807) is 0 Å². The molecule has 0 heterocycles. The van der Waals surface area contributed by atoms with Gasteiger partial charge < -0.3 is 5.11 Å². The van der Waals surface area contributed by atoms with Crippen molar-refractivity contribution in [3.63, 3.8) is 0 Å². The monoisotopic (exact) mass is 305 g/mol. The number of hydrogen-bond acceptors (Lipinski definition) is 3. The summed E-state index contributed by atoms with van der Waals surface area (Å²) in [6.07, 6.45) is 0. The normalized spacial score (nSPS) is 10.5. The Morgan fingerprint density at radius 3 is 1.96 bits per heavy atom. The molecule has 4 heteroatoms. The lowest BCUT2D eigenvalue weighted by Crippen LogP contribution is -1.98. The third kappa shape index (κ3) is 2.98. The highest BCUT2D eigenvalue weighted by molar-refractivity contribution is 5.90.